The molecule has 166 valence electrons. The van der Waals surface area contributed by atoms with E-state index >= 15 is 0 Å². The molecule has 11 nitrogen and oxygen atoms in total. The summed E-state index contributed by atoms with van der Waals surface area (Å²) in [5.74, 6) is -1.93. The zero-order valence-electron chi connectivity index (χ0n) is 16.8. The van der Waals surface area contributed by atoms with Gasteiger partial charge in [-0.05, 0) is 31.3 Å². The van der Waals surface area contributed by atoms with Crippen molar-refractivity contribution < 1.29 is 24.3 Å². The van der Waals surface area contributed by atoms with E-state index in [2.05, 4.69) is 20.6 Å². The first-order valence-corrected chi connectivity index (χ1v) is 11.1. The number of likely N-dealkylation sites (tertiary alicyclic amines) is 1. The average Bonchev–Trinajstić information content (AvgIpc) is 3.41. The molecule has 1 saturated heterocycles. The lowest BCUT2D eigenvalue weighted by molar-refractivity contribution is -0.149. The van der Waals surface area contributed by atoms with Crippen LogP contribution in [0.25, 0.3) is 0 Å². The SMILES string of the molecule is CSCCC(NC(=O)C(Cc1cnc[nH]1)NC(=O)CN)C(=O)N1CCCC1C(=O)O. The Kier molecular flexibility index (Phi) is 9.12. The summed E-state index contributed by atoms with van der Waals surface area (Å²) in [6.45, 7) is 0.0541. The van der Waals surface area contributed by atoms with E-state index in [0.29, 0.717) is 37.3 Å². The van der Waals surface area contributed by atoms with Crippen LogP contribution in [0.1, 0.15) is 25.0 Å². The van der Waals surface area contributed by atoms with Gasteiger partial charge in [-0.15, -0.1) is 0 Å². The highest BCUT2D eigenvalue weighted by atomic mass is 32.2. The molecule has 0 radical (unpaired) electrons. The summed E-state index contributed by atoms with van der Waals surface area (Å²) in [6.07, 6.45) is 6.34. The number of carboxylic acids is 1. The standard InChI is InChI=1S/C18H28N6O5S/c1-30-6-4-12(17(27)24-5-2-3-14(24)18(28)29)23-16(26)13(22-15(25)8-19)7-11-9-20-10-21-11/h9-10,12-14H,2-8,19H2,1H3,(H,20,21)(H,22,25)(H,23,26)(H,28,29). The fourth-order valence-corrected chi connectivity index (χ4v) is 3.80. The monoisotopic (exact) mass is 440 g/mol. The molecule has 30 heavy (non-hydrogen) atoms. The molecule has 0 saturated carbocycles. The third-order valence-corrected chi connectivity index (χ3v) is 5.51. The van der Waals surface area contributed by atoms with Crippen LogP contribution in [-0.4, -0.2) is 86.9 Å². The summed E-state index contributed by atoms with van der Waals surface area (Å²) in [5.41, 5.74) is 5.98. The zero-order valence-corrected chi connectivity index (χ0v) is 17.6. The van der Waals surface area contributed by atoms with E-state index in [0.717, 1.165) is 0 Å². The number of H-pyrrole nitrogens is 1. The van der Waals surface area contributed by atoms with Crippen LogP contribution < -0.4 is 16.4 Å². The van der Waals surface area contributed by atoms with Crippen molar-refractivity contribution in [1.29, 1.82) is 0 Å². The second-order valence-electron chi connectivity index (χ2n) is 6.98. The van der Waals surface area contributed by atoms with Gasteiger partial charge in [0.05, 0.1) is 12.9 Å². The van der Waals surface area contributed by atoms with Crippen LogP contribution in [0.4, 0.5) is 0 Å². The smallest absolute Gasteiger partial charge is 0.326 e. The van der Waals surface area contributed by atoms with Crippen LogP contribution in [0.2, 0.25) is 0 Å². The Labute approximate surface area is 178 Å². The quantitative estimate of drug-likeness (QED) is 0.283. The highest BCUT2D eigenvalue weighted by Crippen LogP contribution is 2.19. The van der Waals surface area contributed by atoms with Crippen molar-refractivity contribution in [3.8, 4) is 0 Å². The minimum Gasteiger partial charge on any atom is -0.480 e. The number of imidazole rings is 1. The van der Waals surface area contributed by atoms with Crippen LogP contribution in [0.15, 0.2) is 12.5 Å². The Morgan fingerprint density at radius 1 is 1.37 bits per heavy atom. The number of aliphatic carboxylic acids is 1. The lowest BCUT2D eigenvalue weighted by Gasteiger charge is -2.28. The molecule has 12 heteroatoms. The Balaban J connectivity index is 2.14. The fourth-order valence-electron chi connectivity index (χ4n) is 3.33. The molecule has 3 unspecified atom stereocenters. The van der Waals surface area contributed by atoms with Gasteiger partial charge in [0, 0.05) is 24.9 Å². The topological polar surface area (TPSA) is 171 Å². The molecule has 1 fully saturated rings. The number of nitrogens with zero attached hydrogens (tertiary/aromatic N) is 2. The van der Waals surface area contributed by atoms with E-state index < -0.39 is 41.8 Å². The second-order valence-corrected chi connectivity index (χ2v) is 7.96. The van der Waals surface area contributed by atoms with E-state index in [1.165, 1.54) is 29.2 Å². The molecule has 2 rings (SSSR count). The van der Waals surface area contributed by atoms with Crippen LogP contribution in [-0.2, 0) is 25.6 Å². The van der Waals surface area contributed by atoms with Gasteiger partial charge < -0.3 is 31.4 Å². The highest BCUT2D eigenvalue weighted by Gasteiger charge is 2.38. The van der Waals surface area contributed by atoms with Crippen LogP contribution in [0, 0.1) is 0 Å². The molecule has 0 aliphatic carbocycles. The van der Waals surface area contributed by atoms with E-state index in [9.17, 15) is 24.3 Å². The molecule has 1 aliphatic heterocycles. The van der Waals surface area contributed by atoms with E-state index in [4.69, 9.17) is 5.73 Å². The van der Waals surface area contributed by atoms with Crippen molar-refractivity contribution in [2.24, 2.45) is 5.73 Å². The number of nitrogens with two attached hydrogens (primary N) is 1. The number of rotatable bonds is 11. The number of amides is 3. The molecule has 1 aromatic heterocycles. The third kappa shape index (κ3) is 6.46. The first-order chi connectivity index (χ1) is 14.4. The molecule has 3 atom stereocenters. The van der Waals surface area contributed by atoms with E-state index in [-0.39, 0.29) is 13.0 Å². The third-order valence-electron chi connectivity index (χ3n) is 4.86. The first kappa shape index (κ1) is 23.7. The predicted octanol–water partition coefficient (Wildman–Crippen LogP) is -1.29. The van der Waals surface area contributed by atoms with Crippen molar-refractivity contribution in [2.75, 3.05) is 25.1 Å². The van der Waals surface area contributed by atoms with Crippen LogP contribution >= 0.6 is 11.8 Å². The lowest BCUT2D eigenvalue weighted by Crippen LogP contribution is -2.56. The van der Waals surface area contributed by atoms with Gasteiger partial charge in [-0.25, -0.2) is 9.78 Å². The summed E-state index contributed by atoms with van der Waals surface area (Å²) < 4.78 is 0. The minimum absolute atomic E-state index is 0.141. The van der Waals surface area contributed by atoms with Gasteiger partial charge in [0.15, 0.2) is 0 Å². The van der Waals surface area contributed by atoms with Gasteiger partial charge in [-0.1, -0.05) is 0 Å². The van der Waals surface area contributed by atoms with Crippen LogP contribution in [0.3, 0.4) is 0 Å². The number of hydrogen-bond acceptors (Lipinski definition) is 7. The number of hydrogen-bond donors (Lipinski definition) is 5. The van der Waals surface area contributed by atoms with Gasteiger partial charge >= 0.3 is 5.97 Å². The molecule has 0 spiro atoms. The lowest BCUT2D eigenvalue weighted by atomic mass is 10.1. The highest BCUT2D eigenvalue weighted by molar-refractivity contribution is 7.98. The molecule has 1 aromatic rings. The number of thioether (sulfide) groups is 1. The summed E-state index contributed by atoms with van der Waals surface area (Å²) in [4.78, 5) is 57.3. The fraction of sp³-hybridized carbons (Fsp3) is 0.611. The summed E-state index contributed by atoms with van der Waals surface area (Å²) in [7, 11) is 0. The van der Waals surface area contributed by atoms with Crippen molar-refractivity contribution in [1.82, 2.24) is 25.5 Å². The predicted molar refractivity (Wildman–Crippen MR) is 111 cm³/mol. The molecule has 6 N–H and O–H groups in total. The molecule has 0 aromatic carbocycles. The Morgan fingerprint density at radius 2 is 2.13 bits per heavy atom. The maximum absolute atomic E-state index is 13.0. The van der Waals surface area contributed by atoms with Crippen molar-refractivity contribution in [3.05, 3.63) is 18.2 Å². The van der Waals surface area contributed by atoms with Gasteiger partial charge in [0.1, 0.15) is 18.1 Å². The summed E-state index contributed by atoms with van der Waals surface area (Å²) in [5, 5.41) is 14.6. The Bertz CT molecular complexity index is 743. The molecule has 2 heterocycles. The van der Waals surface area contributed by atoms with Crippen molar-refractivity contribution in [2.45, 2.75) is 43.8 Å². The maximum atomic E-state index is 13.0. The Morgan fingerprint density at radius 3 is 2.73 bits per heavy atom. The molecule has 3 amide bonds. The van der Waals surface area contributed by atoms with Crippen molar-refractivity contribution >= 4 is 35.5 Å². The molecular formula is C18H28N6O5S. The maximum Gasteiger partial charge on any atom is 0.326 e. The van der Waals surface area contributed by atoms with Gasteiger partial charge in [-0.3, -0.25) is 14.4 Å². The summed E-state index contributed by atoms with van der Waals surface area (Å²) >= 11 is 1.51. The Hall–Kier alpha value is -2.60. The number of aromatic nitrogens is 2. The molecular weight excluding hydrogens is 412 g/mol. The molecule has 0 bridgehead atoms. The van der Waals surface area contributed by atoms with Gasteiger partial charge in [0.2, 0.25) is 17.7 Å². The van der Waals surface area contributed by atoms with E-state index in [1.807, 2.05) is 6.26 Å². The first-order valence-electron chi connectivity index (χ1n) is 9.66. The number of carboxylic acid groups (broad SMARTS) is 1. The number of carbonyl (C=O) groups is 4. The number of aromatic amines is 1. The van der Waals surface area contributed by atoms with E-state index in [1.54, 1.807) is 0 Å². The molecule has 1 aliphatic rings. The van der Waals surface area contributed by atoms with Gasteiger partial charge in [0.25, 0.3) is 0 Å². The van der Waals surface area contributed by atoms with Crippen molar-refractivity contribution in [3.63, 3.8) is 0 Å². The van der Waals surface area contributed by atoms with Crippen LogP contribution in [0.5, 0.6) is 0 Å². The number of carbonyl (C=O) groups excluding carboxylic acids is 3. The average molecular weight is 441 g/mol. The largest absolute Gasteiger partial charge is 0.480 e. The normalized spacial score (nSPS) is 17.9. The zero-order chi connectivity index (χ0) is 22.1. The summed E-state index contributed by atoms with van der Waals surface area (Å²) in [6, 6.07) is -2.73. The number of nitrogens with one attached hydrogen (secondary N) is 3. The van der Waals surface area contributed by atoms with Gasteiger partial charge in [-0.2, -0.15) is 11.8 Å². The second kappa shape index (κ2) is 11.6. The minimum atomic E-state index is -1.05.